The summed E-state index contributed by atoms with van der Waals surface area (Å²) in [6, 6.07) is 19.4. The van der Waals surface area contributed by atoms with Crippen molar-refractivity contribution in [2.24, 2.45) is 5.92 Å². The van der Waals surface area contributed by atoms with Gasteiger partial charge in [0.05, 0.1) is 34.3 Å². The average Bonchev–Trinajstić information content (AvgIpc) is 3.26. The van der Waals surface area contributed by atoms with Crippen LogP contribution in [-0.4, -0.2) is 25.6 Å². The van der Waals surface area contributed by atoms with Gasteiger partial charge in [0.25, 0.3) is 0 Å². The molecule has 2 heterocycles. The zero-order valence-electron chi connectivity index (χ0n) is 20.2. The van der Waals surface area contributed by atoms with Crippen molar-refractivity contribution < 1.29 is 14.6 Å². The van der Waals surface area contributed by atoms with E-state index in [1.54, 1.807) is 12.1 Å². The minimum atomic E-state index is -0.758. The predicted molar refractivity (Wildman–Crippen MR) is 136 cm³/mol. The van der Waals surface area contributed by atoms with Crippen molar-refractivity contribution in [1.82, 2.24) is 14.5 Å². The lowest BCUT2D eigenvalue weighted by atomic mass is 9.78. The van der Waals surface area contributed by atoms with E-state index < -0.39 is 11.9 Å². The van der Waals surface area contributed by atoms with Crippen LogP contribution in [0.25, 0.3) is 11.0 Å². The largest absolute Gasteiger partial charge is 0.487 e. The Hall–Kier alpha value is -4.18. The number of carboxylic acid groups (broad SMARTS) is 1. The number of aryl methyl sites for hydroxylation is 1. The van der Waals surface area contributed by atoms with E-state index in [-0.39, 0.29) is 5.92 Å². The molecule has 1 aliphatic rings. The molecule has 5 rings (SSSR count). The van der Waals surface area contributed by atoms with E-state index in [1.165, 1.54) is 0 Å². The molecule has 1 N–H and O–H groups in total. The van der Waals surface area contributed by atoms with E-state index in [0.29, 0.717) is 30.9 Å². The zero-order valence-corrected chi connectivity index (χ0v) is 20.2. The number of aliphatic carboxylic acids is 1. The Morgan fingerprint density at radius 2 is 1.94 bits per heavy atom. The molecule has 36 heavy (non-hydrogen) atoms. The van der Waals surface area contributed by atoms with E-state index in [9.17, 15) is 9.90 Å². The first-order valence-corrected chi connectivity index (χ1v) is 12.3. The molecular formula is C29H28N4O3. The van der Waals surface area contributed by atoms with Crippen LogP contribution in [0.1, 0.15) is 59.8 Å². The van der Waals surface area contributed by atoms with Crippen LogP contribution in [0.4, 0.5) is 0 Å². The second-order valence-corrected chi connectivity index (χ2v) is 9.47. The molecule has 0 spiro atoms. The molecule has 2 aromatic heterocycles. The monoisotopic (exact) mass is 480 g/mol. The summed E-state index contributed by atoms with van der Waals surface area (Å²) in [4.78, 5) is 21.5. The number of hydrogen-bond acceptors (Lipinski definition) is 5. The number of fused-ring (bicyclic) bond motifs is 1. The molecule has 0 bridgehead atoms. The number of nitriles is 1. The topological polar surface area (TPSA) is 101 Å². The molecule has 182 valence electrons. The van der Waals surface area contributed by atoms with Crippen LogP contribution in [-0.2, 0) is 17.9 Å². The van der Waals surface area contributed by atoms with Crippen LogP contribution < -0.4 is 4.74 Å². The van der Waals surface area contributed by atoms with Gasteiger partial charge >= 0.3 is 5.97 Å². The van der Waals surface area contributed by atoms with Crippen LogP contribution in [0.2, 0.25) is 0 Å². The van der Waals surface area contributed by atoms with E-state index in [2.05, 4.69) is 15.6 Å². The van der Waals surface area contributed by atoms with Crippen molar-refractivity contribution in [2.75, 3.05) is 0 Å². The van der Waals surface area contributed by atoms with Gasteiger partial charge in [0.15, 0.2) is 0 Å². The maximum Gasteiger partial charge on any atom is 0.307 e. The highest BCUT2D eigenvalue weighted by molar-refractivity contribution is 5.79. The number of aromatic nitrogens is 3. The van der Waals surface area contributed by atoms with E-state index in [1.807, 2.05) is 55.6 Å². The lowest BCUT2D eigenvalue weighted by molar-refractivity contribution is -0.143. The fourth-order valence-electron chi connectivity index (χ4n) is 5.00. The molecule has 7 heteroatoms. The molecule has 1 saturated carbocycles. The molecule has 2 aromatic carbocycles. The SMILES string of the molecule is Cc1ccc(COc2ccc3nc(C4CCCCC4C(=O)O)n(Cc4ccc(C#N)cc4)c3c2)nc1. The second-order valence-electron chi connectivity index (χ2n) is 9.47. The van der Waals surface area contributed by atoms with Gasteiger partial charge in [0.2, 0.25) is 0 Å². The summed E-state index contributed by atoms with van der Waals surface area (Å²) in [5.74, 6) is 0.155. The Balaban J connectivity index is 1.52. The Labute approximate surface area is 210 Å². The van der Waals surface area contributed by atoms with Crippen molar-refractivity contribution >= 4 is 17.0 Å². The smallest absolute Gasteiger partial charge is 0.307 e. The van der Waals surface area contributed by atoms with Crippen molar-refractivity contribution in [3.63, 3.8) is 0 Å². The van der Waals surface area contributed by atoms with Gasteiger partial charge in [-0.2, -0.15) is 5.26 Å². The van der Waals surface area contributed by atoms with Crippen LogP contribution >= 0.6 is 0 Å². The van der Waals surface area contributed by atoms with Gasteiger partial charge in [-0.05, 0) is 61.2 Å². The third-order valence-electron chi connectivity index (χ3n) is 6.95. The number of ether oxygens (including phenoxy) is 1. The van der Waals surface area contributed by atoms with Gasteiger partial charge < -0.3 is 14.4 Å². The minimum Gasteiger partial charge on any atom is -0.487 e. The number of carbonyl (C=O) groups is 1. The molecule has 1 aliphatic carbocycles. The number of imidazole rings is 1. The van der Waals surface area contributed by atoms with Gasteiger partial charge in [-0.25, -0.2) is 4.98 Å². The molecule has 2 unspecified atom stereocenters. The summed E-state index contributed by atoms with van der Waals surface area (Å²) < 4.78 is 8.18. The Morgan fingerprint density at radius 3 is 2.67 bits per heavy atom. The highest BCUT2D eigenvalue weighted by Crippen LogP contribution is 2.39. The third kappa shape index (κ3) is 4.94. The van der Waals surface area contributed by atoms with Gasteiger partial charge in [-0.3, -0.25) is 9.78 Å². The predicted octanol–water partition coefficient (Wildman–Crippen LogP) is 5.60. The van der Waals surface area contributed by atoms with E-state index in [4.69, 9.17) is 15.0 Å². The number of hydrogen-bond donors (Lipinski definition) is 1. The Bertz CT molecular complexity index is 1420. The number of pyridine rings is 1. The van der Waals surface area contributed by atoms with Crippen molar-refractivity contribution in [2.45, 2.75) is 51.7 Å². The summed E-state index contributed by atoms with van der Waals surface area (Å²) in [6.07, 6.45) is 5.21. The molecular weight excluding hydrogens is 452 g/mol. The van der Waals surface area contributed by atoms with Gasteiger partial charge in [0, 0.05) is 24.7 Å². The lowest BCUT2D eigenvalue weighted by Gasteiger charge is -2.28. The molecule has 4 aromatic rings. The van der Waals surface area contributed by atoms with Crippen molar-refractivity contribution in [3.8, 4) is 11.8 Å². The quantitative estimate of drug-likeness (QED) is 0.370. The average molecular weight is 481 g/mol. The second kappa shape index (κ2) is 10.2. The number of carboxylic acids is 1. The van der Waals surface area contributed by atoms with Crippen molar-refractivity contribution in [1.29, 1.82) is 5.26 Å². The molecule has 0 amide bonds. The maximum absolute atomic E-state index is 12.1. The number of benzene rings is 2. The van der Waals surface area contributed by atoms with E-state index in [0.717, 1.165) is 52.9 Å². The lowest BCUT2D eigenvalue weighted by Crippen LogP contribution is -2.27. The molecule has 0 aliphatic heterocycles. The minimum absolute atomic E-state index is 0.150. The zero-order chi connectivity index (χ0) is 25.1. The summed E-state index contributed by atoms with van der Waals surface area (Å²) in [7, 11) is 0. The molecule has 0 saturated heterocycles. The number of nitrogens with zero attached hydrogens (tertiary/aromatic N) is 4. The summed E-state index contributed by atoms with van der Waals surface area (Å²) >= 11 is 0. The van der Waals surface area contributed by atoms with Crippen LogP contribution in [0.5, 0.6) is 5.75 Å². The Morgan fingerprint density at radius 1 is 1.14 bits per heavy atom. The number of rotatable bonds is 7. The van der Waals surface area contributed by atoms with Crippen LogP contribution in [0.15, 0.2) is 60.8 Å². The summed E-state index contributed by atoms with van der Waals surface area (Å²) in [5.41, 5.74) is 5.29. The molecule has 7 nitrogen and oxygen atoms in total. The maximum atomic E-state index is 12.1. The highest BCUT2D eigenvalue weighted by Gasteiger charge is 2.35. The third-order valence-corrected chi connectivity index (χ3v) is 6.95. The fraction of sp³-hybridized carbons (Fsp3) is 0.310. The molecule has 1 fully saturated rings. The first-order chi connectivity index (χ1) is 17.5. The fourth-order valence-corrected chi connectivity index (χ4v) is 5.00. The molecule has 0 radical (unpaired) electrons. The molecule has 2 atom stereocenters. The van der Waals surface area contributed by atoms with Crippen LogP contribution in [0.3, 0.4) is 0 Å². The first-order valence-electron chi connectivity index (χ1n) is 12.3. The van der Waals surface area contributed by atoms with Crippen LogP contribution in [0, 0.1) is 24.2 Å². The highest BCUT2D eigenvalue weighted by atomic mass is 16.5. The summed E-state index contributed by atoms with van der Waals surface area (Å²) in [5, 5.41) is 19.1. The van der Waals surface area contributed by atoms with Gasteiger partial charge in [-0.1, -0.05) is 31.0 Å². The standard InChI is InChI=1S/C29H28N4O3/c1-19-6-11-22(31-16-19)18-36-23-12-13-26-27(14-23)33(17-21-9-7-20(15-30)8-10-21)28(32-26)24-4-2-3-5-25(24)29(34)35/h6-14,16,24-25H,2-5,17-18H2,1H3,(H,34,35). The van der Waals surface area contributed by atoms with E-state index >= 15 is 0 Å². The first kappa shape index (κ1) is 23.6. The normalized spacial score (nSPS) is 17.6. The van der Waals surface area contributed by atoms with Gasteiger partial charge in [0.1, 0.15) is 18.2 Å². The van der Waals surface area contributed by atoms with Crippen molar-refractivity contribution in [3.05, 3.63) is 89.0 Å². The Kier molecular flexibility index (Phi) is 6.68. The van der Waals surface area contributed by atoms with Gasteiger partial charge in [-0.15, -0.1) is 0 Å². The summed E-state index contributed by atoms with van der Waals surface area (Å²) in [6.45, 7) is 2.88.